The fourth-order valence-electron chi connectivity index (χ4n) is 2.93. The Bertz CT molecular complexity index is 632. The molecule has 0 saturated carbocycles. The SMILES string of the molecule is COc1cc(Cl)c(C)cc1-n1cncc1C1CCNCC1. The summed E-state index contributed by atoms with van der Waals surface area (Å²) in [6, 6.07) is 3.94. The van der Waals surface area contributed by atoms with E-state index in [1.54, 1.807) is 7.11 Å². The van der Waals surface area contributed by atoms with Gasteiger partial charge in [-0.25, -0.2) is 4.98 Å². The van der Waals surface area contributed by atoms with E-state index in [0.29, 0.717) is 5.92 Å². The molecule has 2 heterocycles. The van der Waals surface area contributed by atoms with Crippen LogP contribution in [-0.4, -0.2) is 29.8 Å². The number of nitrogens with one attached hydrogen (secondary N) is 1. The highest BCUT2D eigenvalue weighted by atomic mass is 35.5. The minimum atomic E-state index is 0.537. The molecular weight excluding hydrogens is 286 g/mol. The summed E-state index contributed by atoms with van der Waals surface area (Å²) in [5.74, 6) is 1.31. The van der Waals surface area contributed by atoms with Gasteiger partial charge < -0.3 is 10.1 Å². The minimum absolute atomic E-state index is 0.537. The third-order valence-electron chi connectivity index (χ3n) is 4.14. The summed E-state index contributed by atoms with van der Waals surface area (Å²) in [5, 5.41) is 4.12. The molecule has 4 nitrogen and oxygen atoms in total. The van der Waals surface area contributed by atoms with Crippen LogP contribution in [0.5, 0.6) is 5.75 Å². The van der Waals surface area contributed by atoms with Crippen LogP contribution < -0.4 is 10.1 Å². The number of hydrogen-bond donors (Lipinski definition) is 1. The Morgan fingerprint density at radius 2 is 2.10 bits per heavy atom. The van der Waals surface area contributed by atoms with Crippen molar-refractivity contribution < 1.29 is 4.74 Å². The zero-order chi connectivity index (χ0) is 14.8. The van der Waals surface area contributed by atoms with Gasteiger partial charge in [-0.1, -0.05) is 11.6 Å². The maximum atomic E-state index is 6.20. The molecule has 1 saturated heterocycles. The maximum Gasteiger partial charge on any atom is 0.144 e. The van der Waals surface area contributed by atoms with Crippen molar-refractivity contribution in [2.45, 2.75) is 25.7 Å². The van der Waals surface area contributed by atoms with Gasteiger partial charge in [0.2, 0.25) is 0 Å². The molecule has 112 valence electrons. The van der Waals surface area contributed by atoms with E-state index in [-0.39, 0.29) is 0 Å². The lowest BCUT2D eigenvalue weighted by Crippen LogP contribution is -2.27. The summed E-state index contributed by atoms with van der Waals surface area (Å²) in [7, 11) is 1.67. The lowest BCUT2D eigenvalue weighted by molar-refractivity contribution is 0.410. The van der Waals surface area contributed by atoms with E-state index in [1.165, 1.54) is 5.69 Å². The molecule has 1 fully saturated rings. The molecule has 0 atom stereocenters. The van der Waals surface area contributed by atoms with Crippen LogP contribution in [-0.2, 0) is 0 Å². The fraction of sp³-hybridized carbons (Fsp3) is 0.438. The summed E-state index contributed by atoms with van der Waals surface area (Å²) < 4.78 is 7.64. The van der Waals surface area contributed by atoms with E-state index in [2.05, 4.69) is 20.9 Å². The molecule has 3 rings (SSSR count). The Morgan fingerprint density at radius 1 is 1.33 bits per heavy atom. The molecule has 0 amide bonds. The van der Waals surface area contributed by atoms with Crippen LogP contribution >= 0.6 is 11.6 Å². The monoisotopic (exact) mass is 305 g/mol. The van der Waals surface area contributed by atoms with E-state index < -0.39 is 0 Å². The van der Waals surface area contributed by atoms with Gasteiger partial charge in [-0.05, 0) is 44.5 Å². The van der Waals surface area contributed by atoms with Gasteiger partial charge in [-0.15, -0.1) is 0 Å². The maximum absolute atomic E-state index is 6.20. The summed E-state index contributed by atoms with van der Waals surface area (Å²) in [6.07, 6.45) is 6.11. The van der Waals surface area contributed by atoms with Crippen molar-refractivity contribution in [3.8, 4) is 11.4 Å². The van der Waals surface area contributed by atoms with Gasteiger partial charge >= 0.3 is 0 Å². The van der Waals surface area contributed by atoms with E-state index >= 15 is 0 Å². The first-order valence-electron chi connectivity index (χ1n) is 7.28. The molecule has 0 bridgehead atoms. The number of rotatable bonds is 3. The highest BCUT2D eigenvalue weighted by molar-refractivity contribution is 6.31. The molecule has 0 spiro atoms. The number of methoxy groups -OCH3 is 1. The topological polar surface area (TPSA) is 39.1 Å². The number of nitrogens with zero attached hydrogens (tertiary/aromatic N) is 2. The number of hydrogen-bond acceptors (Lipinski definition) is 3. The van der Waals surface area contributed by atoms with Crippen molar-refractivity contribution in [2.24, 2.45) is 0 Å². The molecule has 1 aromatic heterocycles. The highest BCUT2D eigenvalue weighted by Crippen LogP contribution is 2.33. The smallest absolute Gasteiger partial charge is 0.144 e. The average Bonchev–Trinajstić information content (AvgIpc) is 2.99. The zero-order valence-electron chi connectivity index (χ0n) is 12.4. The van der Waals surface area contributed by atoms with Crippen molar-refractivity contribution >= 4 is 11.6 Å². The van der Waals surface area contributed by atoms with Crippen molar-refractivity contribution in [1.29, 1.82) is 0 Å². The Morgan fingerprint density at radius 3 is 2.81 bits per heavy atom. The van der Waals surface area contributed by atoms with E-state index in [9.17, 15) is 0 Å². The van der Waals surface area contributed by atoms with Gasteiger partial charge in [0, 0.05) is 28.9 Å². The van der Waals surface area contributed by atoms with Crippen molar-refractivity contribution in [3.05, 3.63) is 40.9 Å². The van der Waals surface area contributed by atoms with Crippen LogP contribution in [0, 0.1) is 6.92 Å². The third-order valence-corrected chi connectivity index (χ3v) is 4.55. The Hall–Kier alpha value is -1.52. The zero-order valence-corrected chi connectivity index (χ0v) is 13.2. The van der Waals surface area contributed by atoms with Gasteiger partial charge in [-0.2, -0.15) is 0 Å². The van der Waals surface area contributed by atoms with Crippen LogP contribution in [0.1, 0.15) is 30.0 Å². The Labute approximate surface area is 130 Å². The van der Waals surface area contributed by atoms with Crippen molar-refractivity contribution in [3.63, 3.8) is 0 Å². The summed E-state index contributed by atoms with van der Waals surface area (Å²) in [6.45, 7) is 4.13. The molecule has 2 aromatic rings. The van der Waals surface area contributed by atoms with Crippen LogP contribution in [0.3, 0.4) is 0 Å². The molecule has 21 heavy (non-hydrogen) atoms. The Balaban J connectivity index is 2.05. The number of piperidine rings is 1. The average molecular weight is 306 g/mol. The number of halogens is 1. The van der Waals surface area contributed by atoms with E-state index in [1.807, 2.05) is 25.5 Å². The van der Waals surface area contributed by atoms with Crippen LogP contribution in [0.15, 0.2) is 24.7 Å². The molecule has 0 unspecified atom stereocenters. The molecule has 1 N–H and O–H groups in total. The standard InChI is InChI=1S/C16H20ClN3O/c1-11-7-14(16(21-2)8-13(11)17)20-10-19-9-15(20)12-3-5-18-6-4-12/h7-10,12,18H,3-6H2,1-2H3. The van der Waals surface area contributed by atoms with Gasteiger partial charge in [-0.3, -0.25) is 4.57 Å². The lowest BCUT2D eigenvalue weighted by Gasteiger charge is -2.24. The normalized spacial score (nSPS) is 16.1. The van der Waals surface area contributed by atoms with E-state index in [4.69, 9.17) is 16.3 Å². The van der Waals surface area contributed by atoms with Crippen LogP contribution in [0.25, 0.3) is 5.69 Å². The first-order chi connectivity index (χ1) is 10.2. The van der Waals surface area contributed by atoms with Gasteiger partial charge in [0.1, 0.15) is 5.75 Å². The predicted octanol–water partition coefficient (Wildman–Crippen LogP) is 3.31. The summed E-state index contributed by atoms with van der Waals surface area (Å²) in [5.41, 5.74) is 3.29. The van der Waals surface area contributed by atoms with Crippen molar-refractivity contribution in [2.75, 3.05) is 20.2 Å². The molecule has 1 aliphatic heterocycles. The van der Waals surface area contributed by atoms with Crippen LogP contribution in [0.4, 0.5) is 0 Å². The van der Waals surface area contributed by atoms with Gasteiger partial charge in [0.15, 0.2) is 0 Å². The molecule has 1 aliphatic rings. The Kier molecular flexibility index (Phi) is 4.17. The lowest BCUT2D eigenvalue weighted by atomic mass is 9.95. The van der Waals surface area contributed by atoms with Crippen molar-refractivity contribution in [1.82, 2.24) is 14.9 Å². The highest BCUT2D eigenvalue weighted by Gasteiger charge is 2.21. The largest absolute Gasteiger partial charge is 0.495 e. The molecule has 5 heteroatoms. The number of aromatic nitrogens is 2. The fourth-order valence-corrected chi connectivity index (χ4v) is 3.08. The molecule has 1 aromatic carbocycles. The number of ether oxygens (including phenoxy) is 1. The number of aryl methyl sites for hydroxylation is 1. The van der Waals surface area contributed by atoms with E-state index in [0.717, 1.165) is 48.0 Å². The number of benzene rings is 1. The summed E-state index contributed by atoms with van der Waals surface area (Å²) in [4.78, 5) is 4.36. The molecule has 0 radical (unpaired) electrons. The quantitative estimate of drug-likeness (QED) is 0.945. The second kappa shape index (κ2) is 6.08. The number of imidazole rings is 1. The molecular formula is C16H20ClN3O. The predicted molar refractivity (Wildman–Crippen MR) is 84.7 cm³/mol. The van der Waals surface area contributed by atoms with Crippen LogP contribution in [0.2, 0.25) is 5.02 Å². The van der Waals surface area contributed by atoms with Gasteiger partial charge in [0.05, 0.1) is 19.1 Å². The first-order valence-corrected chi connectivity index (χ1v) is 7.66. The third kappa shape index (κ3) is 2.78. The second-order valence-electron chi connectivity index (χ2n) is 5.49. The first kappa shape index (κ1) is 14.4. The summed E-state index contributed by atoms with van der Waals surface area (Å²) >= 11 is 6.20. The second-order valence-corrected chi connectivity index (χ2v) is 5.89. The molecule has 0 aliphatic carbocycles. The van der Waals surface area contributed by atoms with Gasteiger partial charge in [0.25, 0.3) is 0 Å². The minimum Gasteiger partial charge on any atom is -0.495 e.